The van der Waals surface area contributed by atoms with Crippen molar-refractivity contribution in [3.63, 3.8) is 0 Å². The number of hydrogen-bond donors (Lipinski definition) is 1. The van der Waals surface area contributed by atoms with E-state index in [2.05, 4.69) is 48.4 Å². The first kappa shape index (κ1) is 13.7. The number of aromatic nitrogens is 3. The van der Waals surface area contributed by atoms with Crippen LogP contribution in [0.1, 0.15) is 36.7 Å². The normalized spacial score (nSPS) is 12.6. The molecule has 0 saturated heterocycles. The lowest BCUT2D eigenvalue weighted by Gasteiger charge is -2.18. The van der Waals surface area contributed by atoms with Gasteiger partial charge in [-0.1, -0.05) is 13.0 Å². The van der Waals surface area contributed by atoms with Crippen LogP contribution in [-0.4, -0.2) is 21.3 Å². The zero-order valence-corrected chi connectivity index (χ0v) is 11.9. The van der Waals surface area contributed by atoms with Crippen molar-refractivity contribution in [2.75, 3.05) is 6.54 Å². The van der Waals surface area contributed by atoms with Gasteiger partial charge >= 0.3 is 0 Å². The van der Waals surface area contributed by atoms with Gasteiger partial charge in [0, 0.05) is 18.9 Å². The minimum Gasteiger partial charge on any atom is -0.309 e. The Morgan fingerprint density at radius 3 is 2.84 bits per heavy atom. The molecule has 102 valence electrons. The molecule has 0 spiro atoms. The Bertz CT molecular complexity index is 518. The summed E-state index contributed by atoms with van der Waals surface area (Å²) in [5, 5.41) is 7.85. The Labute approximate surface area is 114 Å². The highest BCUT2D eigenvalue weighted by Crippen LogP contribution is 2.19. The first-order valence-electron chi connectivity index (χ1n) is 6.90. The topological polar surface area (TPSA) is 42.7 Å². The Kier molecular flexibility index (Phi) is 4.68. The van der Waals surface area contributed by atoms with E-state index in [1.165, 1.54) is 11.1 Å². The second-order valence-corrected chi connectivity index (χ2v) is 4.72. The summed E-state index contributed by atoms with van der Waals surface area (Å²) >= 11 is 0. The number of pyridine rings is 1. The van der Waals surface area contributed by atoms with Crippen LogP contribution in [0.3, 0.4) is 0 Å². The average molecular weight is 258 g/mol. The molecule has 0 aliphatic rings. The van der Waals surface area contributed by atoms with Crippen molar-refractivity contribution >= 4 is 0 Å². The summed E-state index contributed by atoms with van der Waals surface area (Å²) in [7, 11) is 0. The molecule has 0 aromatic carbocycles. The number of likely N-dealkylation sites (N-methyl/N-ethyl adjacent to an activating group) is 1. The van der Waals surface area contributed by atoms with Gasteiger partial charge in [0.25, 0.3) is 0 Å². The van der Waals surface area contributed by atoms with Gasteiger partial charge in [0.2, 0.25) is 0 Å². The standard InChI is InChI=1S/C15H22N4/c1-4-16-14(15-12(3)7-6-8-17-15)9-13-10-18-19(5-2)11-13/h6-8,10-11,14,16H,4-5,9H2,1-3H3. The lowest BCUT2D eigenvalue weighted by molar-refractivity contribution is 0.533. The number of hydrogen-bond acceptors (Lipinski definition) is 3. The van der Waals surface area contributed by atoms with Crippen LogP contribution in [0.2, 0.25) is 0 Å². The van der Waals surface area contributed by atoms with E-state index in [0.717, 1.165) is 25.2 Å². The molecule has 1 atom stereocenters. The third kappa shape index (κ3) is 3.41. The van der Waals surface area contributed by atoms with Crippen LogP contribution >= 0.6 is 0 Å². The highest BCUT2D eigenvalue weighted by atomic mass is 15.3. The maximum Gasteiger partial charge on any atom is 0.0605 e. The molecule has 4 heteroatoms. The fourth-order valence-electron chi connectivity index (χ4n) is 2.30. The van der Waals surface area contributed by atoms with Gasteiger partial charge in [0.05, 0.1) is 17.9 Å². The summed E-state index contributed by atoms with van der Waals surface area (Å²) < 4.78 is 1.96. The van der Waals surface area contributed by atoms with Gasteiger partial charge in [-0.25, -0.2) is 0 Å². The summed E-state index contributed by atoms with van der Waals surface area (Å²) in [4.78, 5) is 4.53. The van der Waals surface area contributed by atoms with E-state index in [9.17, 15) is 0 Å². The summed E-state index contributed by atoms with van der Waals surface area (Å²) in [6, 6.07) is 4.35. The molecule has 2 rings (SSSR count). The predicted molar refractivity (Wildman–Crippen MR) is 77.0 cm³/mol. The Morgan fingerprint density at radius 1 is 1.37 bits per heavy atom. The zero-order valence-electron chi connectivity index (χ0n) is 11.9. The van der Waals surface area contributed by atoms with E-state index in [1.54, 1.807) is 0 Å². The molecule has 4 nitrogen and oxygen atoms in total. The molecule has 0 saturated carbocycles. The average Bonchev–Trinajstić information content (AvgIpc) is 2.87. The van der Waals surface area contributed by atoms with Gasteiger partial charge in [0.15, 0.2) is 0 Å². The summed E-state index contributed by atoms with van der Waals surface area (Å²) in [6.07, 6.45) is 6.85. The van der Waals surface area contributed by atoms with Gasteiger partial charge in [-0.2, -0.15) is 5.10 Å². The number of aryl methyl sites for hydroxylation is 2. The second kappa shape index (κ2) is 6.48. The van der Waals surface area contributed by atoms with E-state index in [0.29, 0.717) is 0 Å². The van der Waals surface area contributed by atoms with Gasteiger partial charge in [0.1, 0.15) is 0 Å². The molecular formula is C15H22N4. The Morgan fingerprint density at radius 2 is 2.21 bits per heavy atom. The fourth-order valence-corrected chi connectivity index (χ4v) is 2.30. The molecule has 0 fully saturated rings. The van der Waals surface area contributed by atoms with Crippen molar-refractivity contribution in [2.45, 2.75) is 39.8 Å². The van der Waals surface area contributed by atoms with Crippen LogP contribution in [-0.2, 0) is 13.0 Å². The molecule has 19 heavy (non-hydrogen) atoms. The van der Waals surface area contributed by atoms with Crippen molar-refractivity contribution in [2.24, 2.45) is 0 Å². The molecular weight excluding hydrogens is 236 g/mol. The van der Waals surface area contributed by atoms with Crippen LogP contribution in [0.25, 0.3) is 0 Å². The highest BCUT2D eigenvalue weighted by molar-refractivity contribution is 5.23. The van der Waals surface area contributed by atoms with Crippen molar-refractivity contribution in [1.29, 1.82) is 0 Å². The van der Waals surface area contributed by atoms with Gasteiger partial charge in [-0.15, -0.1) is 0 Å². The van der Waals surface area contributed by atoms with E-state index in [1.807, 2.05) is 23.1 Å². The molecule has 0 aliphatic carbocycles. The van der Waals surface area contributed by atoms with Crippen LogP contribution in [0.15, 0.2) is 30.7 Å². The third-order valence-corrected chi connectivity index (χ3v) is 3.28. The highest BCUT2D eigenvalue weighted by Gasteiger charge is 2.15. The molecule has 0 radical (unpaired) electrons. The second-order valence-electron chi connectivity index (χ2n) is 4.72. The number of nitrogens with zero attached hydrogens (tertiary/aromatic N) is 3. The van der Waals surface area contributed by atoms with E-state index >= 15 is 0 Å². The van der Waals surface area contributed by atoms with Crippen LogP contribution < -0.4 is 5.32 Å². The van der Waals surface area contributed by atoms with Crippen molar-refractivity contribution in [3.05, 3.63) is 47.5 Å². The lowest BCUT2D eigenvalue weighted by atomic mass is 10.0. The summed E-state index contributed by atoms with van der Waals surface area (Å²) in [5.41, 5.74) is 3.61. The lowest BCUT2D eigenvalue weighted by Crippen LogP contribution is -2.24. The molecule has 1 unspecified atom stereocenters. The maximum absolute atomic E-state index is 4.53. The number of nitrogens with one attached hydrogen (secondary N) is 1. The molecule has 1 N–H and O–H groups in total. The monoisotopic (exact) mass is 258 g/mol. The smallest absolute Gasteiger partial charge is 0.0605 e. The molecule has 0 amide bonds. The van der Waals surface area contributed by atoms with Crippen molar-refractivity contribution < 1.29 is 0 Å². The van der Waals surface area contributed by atoms with Gasteiger partial charge < -0.3 is 5.32 Å². The fraction of sp³-hybridized carbons (Fsp3) is 0.467. The third-order valence-electron chi connectivity index (χ3n) is 3.28. The van der Waals surface area contributed by atoms with Gasteiger partial charge in [-0.05, 0) is 44.0 Å². The zero-order chi connectivity index (χ0) is 13.7. The quantitative estimate of drug-likeness (QED) is 0.865. The summed E-state index contributed by atoms with van der Waals surface area (Å²) in [6.45, 7) is 8.18. The van der Waals surface area contributed by atoms with Crippen molar-refractivity contribution in [3.8, 4) is 0 Å². The van der Waals surface area contributed by atoms with E-state index in [-0.39, 0.29) is 6.04 Å². The maximum atomic E-state index is 4.53. The molecule has 2 heterocycles. The first-order valence-corrected chi connectivity index (χ1v) is 6.90. The van der Waals surface area contributed by atoms with E-state index < -0.39 is 0 Å². The SMILES string of the molecule is CCNC(Cc1cnn(CC)c1)c1ncccc1C. The molecule has 2 aromatic heterocycles. The molecule has 2 aromatic rings. The number of rotatable bonds is 6. The predicted octanol–water partition coefficient (Wildman–Crippen LogP) is 2.50. The molecule has 0 bridgehead atoms. The first-order chi connectivity index (χ1) is 9.24. The van der Waals surface area contributed by atoms with Crippen LogP contribution in [0, 0.1) is 6.92 Å². The Balaban J connectivity index is 2.18. The minimum absolute atomic E-state index is 0.251. The molecule has 0 aliphatic heterocycles. The largest absolute Gasteiger partial charge is 0.309 e. The summed E-state index contributed by atoms with van der Waals surface area (Å²) in [5.74, 6) is 0. The van der Waals surface area contributed by atoms with E-state index in [4.69, 9.17) is 0 Å². The minimum atomic E-state index is 0.251. The van der Waals surface area contributed by atoms with Crippen molar-refractivity contribution in [1.82, 2.24) is 20.1 Å². The van der Waals surface area contributed by atoms with Crippen LogP contribution in [0.4, 0.5) is 0 Å². The van der Waals surface area contributed by atoms with Crippen LogP contribution in [0.5, 0.6) is 0 Å². The van der Waals surface area contributed by atoms with Gasteiger partial charge in [-0.3, -0.25) is 9.67 Å². The Hall–Kier alpha value is -1.68.